The lowest BCUT2D eigenvalue weighted by Gasteiger charge is -2.14. The van der Waals surface area contributed by atoms with Crippen LogP contribution in [0.3, 0.4) is 0 Å². The molecule has 0 amide bonds. The van der Waals surface area contributed by atoms with Crippen LogP contribution >= 0.6 is 31.9 Å². The molecule has 0 atom stereocenters. The van der Waals surface area contributed by atoms with Gasteiger partial charge < -0.3 is 0 Å². The van der Waals surface area contributed by atoms with E-state index in [-0.39, 0.29) is 5.82 Å². The lowest BCUT2D eigenvalue weighted by molar-refractivity contribution is 0.628. The van der Waals surface area contributed by atoms with Gasteiger partial charge in [0.05, 0.1) is 3.39 Å². The van der Waals surface area contributed by atoms with Crippen molar-refractivity contribution in [2.75, 3.05) is 0 Å². The third-order valence-corrected chi connectivity index (χ3v) is 4.14. The molecule has 0 aliphatic heterocycles. The Morgan fingerprint density at radius 1 is 1.00 bits per heavy atom. The average Bonchev–Trinajstić information content (AvgIpc) is 2.49. The van der Waals surface area contributed by atoms with Crippen molar-refractivity contribution < 1.29 is 4.39 Å². The molecule has 0 fully saturated rings. The maximum Gasteiger partial charge on any atom is 0.123 e. The van der Waals surface area contributed by atoms with Crippen molar-refractivity contribution in [3.05, 3.63) is 74.9 Å². The fourth-order valence-electron chi connectivity index (χ4n) is 2.73. The van der Waals surface area contributed by atoms with E-state index in [2.05, 4.69) is 57.0 Å². The number of hydrogen-bond acceptors (Lipinski definition) is 0. The topological polar surface area (TPSA) is 0 Å². The summed E-state index contributed by atoms with van der Waals surface area (Å²) in [6, 6.07) is 17.1. The van der Waals surface area contributed by atoms with Crippen LogP contribution in [-0.2, 0) is 0 Å². The second kappa shape index (κ2) is 6.35. The molecule has 22 heavy (non-hydrogen) atoms. The number of halogens is 3. The van der Waals surface area contributed by atoms with E-state index >= 15 is 0 Å². The van der Waals surface area contributed by atoms with Crippen LogP contribution in [0.25, 0.3) is 28.0 Å². The molecule has 0 heterocycles. The first-order chi connectivity index (χ1) is 10.6. The van der Waals surface area contributed by atoms with E-state index < -0.39 is 0 Å². The summed E-state index contributed by atoms with van der Waals surface area (Å²) in [7, 11) is 0. The molecule has 0 nitrogen and oxygen atoms in total. The highest BCUT2D eigenvalue weighted by Gasteiger charge is 2.12. The molecular formula is C19H13Br2F. The van der Waals surface area contributed by atoms with Crippen molar-refractivity contribution in [3.63, 3.8) is 0 Å². The molecule has 0 aromatic heterocycles. The van der Waals surface area contributed by atoms with Gasteiger partial charge in [0.2, 0.25) is 0 Å². The van der Waals surface area contributed by atoms with Crippen LogP contribution in [-0.4, -0.2) is 0 Å². The van der Waals surface area contributed by atoms with E-state index in [1.807, 2.05) is 30.3 Å². The molecule has 0 aliphatic carbocycles. The van der Waals surface area contributed by atoms with Gasteiger partial charge in [-0.15, -0.1) is 0 Å². The smallest absolute Gasteiger partial charge is 0.123 e. The number of rotatable bonds is 2. The van der Waals surface area contributed by atoms with E-state index in [0.29, 0.717) is 0 Å². The van der Waals surface area contributed by atoms with Gasteiger partial charge in [0, 0.05) is 0 Å². The van der Waals surface area contributed by atoms with Crippen LogP contribution in [0.15, 0.2) is 58.0 Å². The predicted octanol–water partition coefficient (Wildman–Crippen LogP) is 7.04. The summed E-state index contributed by atoms with van der Waals surface area (Å²) in [5.74, 6) is -0.223. The Morgan fingerprint density at radius 2 is 1.68 bits per heavy atom. The van der Waals surface area contributed by atoms with Crippen LogP contribution in [0.1, 0.15) is 11.1 Å². The molecular weight excluding hydrogens is 407 g/mol. The van der Waals surface area contributed by atoms with Gasteiger partial charge in [-0.05, 0) is 90.0 Å². The normalized spacial score (nSPS) is 10.7. The fraction of sp³-hybridized carbons (Fsp3) is 0.0526. The number of fused-ring (bicyclic) bond motifs is 1. The molecule has 0 radical (unpaired) electrons. The molecule has 0 unspecified atom stereocenters. The van der Waals surface area contributed by atoms with Gasteiger partial charge in [0.25, 0.3) is 0 Å². The number of aryl methyl sites for hydroxylation is 1. The zero-order chi connectivity index (χ0) is 15.7. The molecule has 0 spiro atoms. The Bertz CT molecular complexity index is 860. The summed E-state index contributed by atoms with van der Waals surface area (Å²) in [5, 5.41) is 2.34. The summed E-state index contributed by atoms with van der Waals surface area (Å²) < 4.78 is 14.2. The van der Waals surface area contributed by atoms with Gasteiger partial charge in [0.1, 0.15) is 5.82 Å². The highest BCUT2D eigenvalue weighted by molar-refractivity contribution is 9.28. The molecule has 3 aromatic carbocycles. The standard InChI is InChI=1S/C19H13Br2F/c1-12-10-14-4-2-3-5-16(14)19(17(12)11-18(20)21)13-6-8-15(22)9-7-13/h2-11H,1H3. The molecule has 3 heteroatoms. The Morgan fingerprint density at radius 3 is 2.36 bits per heavy atom. The first-order valence-corrected chi connectivity index (χ1v) is 8.46. The first-order valence-electron chi connectivity index (χ1n) is 6.87. The zero-order valence-corrected chi connectivity index (χ0v) is 15.1. The Balaban J connectivity index is 2.42. The molecule has 0 N–H and O–H groups in total. The van der Waals surface area contributed by atoms with Gasteiger partial charge in [-0.1, -0.05) is 42.5 Å². The maximum absolute atomic E-state index is 13.3. The summed E-state index contributed by atoms with van der Waals surface area (Å²) >= 11 is 6.89. The van der Waals surface area contributed by atoms with Crippen LogP contribution in [0.4, 0.5) is 4.39 Å². The summed E-state index contributed by atoms with van der Waals surface area (Å²) in [5.41, 5.74) is 4.42. The van der Waals surface area contributed by atoms with Crippen molar-refractivity contribution in [2.24, 2.45) is 0 Å². The molecule has 0 bridgehead atoms. The van der Waals surface area contributed by atoms with E-state index in [0.717, 1.165) is 25.5 Å². The first kappa shape index (κ1) is 15.4. The fourth-order valence-corrected chi connectivity index (χ4v) is 3.18. The predicted molar refractivity (Wildman–Crippen MR) is 99.9 cm³/mol. The minimum Gasteiger partial charge on any atom is -0.207 e. The monoisotopic (exact) mass is 418 g/mol. The minimum atomic E-state index is -0.223. The maximum atomic E-state index is 13.3. The summed E-state index contributed by atoms with van der Waals surface area (Å²) in [6.45, 7) is 2.09. The molecule has 3 rings (SSSR count). The van der Waals surface area contributed by atoms with Crippen molar-refractivity contribution in [2.45, 2.75) is 6.92 Å². The second-order valence-corrected chi connectivity index (χ2v) is 7.92. The third kappa shape index (κ3) is 3.01. The van der Waals surface area contributed by atoms with Gasteiger partial charge in [-0.25, -0.2) is 4.39 Å². The number of hydrogen-bond donors (Lipinski definition) is 0. The molecule has 3 aromatic rings. The Hall–Kier alpha value is -1.45. The van der Waals surface area contributed by atoms with Crippen LogP contribution in [0.2, 0.25) is 0 Å². The van der Waals surface area contributed by atoms with Crippen molar-refractivity contribution in [1.82, 2.24) is 0 Å². The van der Waals surface area contributed by atoms with E-state index in [4.69, 9.17) is 0 Å². The Labute approximate surface area is 145 Å². The van der Waals surface area contributed by atoms with E-state index in [9.17, 15) is 4.39 Å². The Kier molecular flexibility index (Phi) is 4.46. The number of benzene rings is 3. The van der Waals surface area contributed by atoms with Gasteiger partial charge in [-0.2, -0.15) is 0 Å². The zero-order valence-electron chi connectivity index (χ0n) is 11.9. The second-order valence-electron chi connectivity index (χ2n) is 5.14. The largest absolute Gasteiger partial charge is 0.207 e. The van der Waals surface area contributed by atoms with Crippen molar-refractivity contribution in [1.29, 1.82) is 0 Å². The SMILES string of the molecule is Cc1cc2ccccc2c(-c2ccc(F)cc2)c1C=C(Br)Br. The highest BCUT2D eigenvalue weighted by atomic mass is 79.9. The summed E-state index contributed by atoms with van der Waals surface area (Å²) in [4.78, 5) is 0. The molecule has 0 saturated carbocycles. The van der Waals surface area contributed by atoms with Crippen LogP contribution in [0.5, 0.6) is 0 Å². The van der Waals surface area contributed by atoms with Gasteiger partial charge in [0.15, 0.2) is 0 Å². The van der Waals surface area contributed by atoms with Crippen molar-refractivity contribution >= 4 is 48.7 Å². The lowest BCUT2D eigenvalue weighted by atomic mass is 9.90. The minimum absolute atomic E-state index is 0.223. The van der Waals surface area contributed by atoms with Gasteiger partial charge in [-0.3, -0.25) is 0 Å². The summed E-state index contributed by atoms with van der Waals surface area (Å²) in [6.07, 6.45) is 2.04. The quantitative estimate of drug-likeness (QED) is 0.417. The molecule has 0 aliphatic rings. The average molecular weight is 420 g/mol. The third-order valence-electron chi connectivity index (χ3n) is 3.68. The lowest BCUT2D eigenvalue weighted by Crippen LogP contribution is -1.91. The van der Waals surface area contributed by atoms with Crippen LogP contribution < -0.4 is 0 Å². The van der Waals surface area contributed by atoms with E-state index in [1.54, 1.807) is 0 Å². The van der Waals surface area contributed by atoms with Gasteiger partial charge >= 0.3 is 0 Å². The van der Waals surface area contributed by atoms with Crippen LogP contribution in [0, 0.1) is 12.7 Å². The molecule has 0 saturated heterocycles. The van der Waals surface area contributed by atoms with Crippen molar-refractivity contribution in [3.8, 4) is 11.1 Å². The highest BCUT2D eigenvalue weighted by Crippen LogP contribution is 2.37. The van der Waals surface area contributed by atoms with E-state index in [1.165, 1.54) is 23.1 Å². The molecule has 110 valence electrons.